The Labute approximate surface area is 197 Å². The van der Waals surface area contributed by atoms with E-state index >= 15 is 0 Å². The molecule has 2 aromatic heterocycles. The predicted octanol–water partition coefficient (Wildman–Crippen LogP) is 2.56. The lowest BCUT2D eigenvalue weighted by Gasteiger charge is -2.46. The predicted molar refractivity (Wildman–Crippen MR) is 128 cm³/mol. The number of imide groups is 1. The van der Waals surface area contributed by atoms with Gasteiger partial charge in [-0.2, -0.15) is 0 Å². The zero-order valence-electron chi connectivity index (χ0n) is 19.0. The summed E-state index contributed by atoms with van der Waals surface area (Å²) in [4.78, 5) is 50.3. The van der Waals surface area contributed by atoms with Crippen LogP contribution in [0.4, 0.5) is 16.3 Å². The number of nitrogens with one attached hydrogen (secondary N) is 1. The molecule has 3 atom stereocenters. The number of carbonyl (C=O) groups is 3. The Morgan fingerprint density at radius 2 is 1.91 bits per heavy atom. The number of amides is 4. The molecule has 0 radical (unpaired) electrons. The van der Waals surface area contributed by atoms with E-state index in [1.807, 2.05) is 24.3 Å². The topological polar surface area (TPSA) is 122 Å². The van der Waals surface area contributed by atoms with Gasteiger partial charge < -0.3 is 16.0 Å². The van der Waals surface area contributed by atoms with Gasteiger partial charge in [0.05, 0.1) is 12.0 Å². The van der Waals surface area contributed by atoms with E-state index in [9.17, 15) is 14.4 Å². The number of nitrogens with zero attached hydrogens (tertiary/aromatic N) is 4. The standard InChI is InChI=1S/C25H26N6O3/c1-16(18-7-6-11-27-15-18)29-25(34)31-22(24(33)30(2)19-8-4-3-5-9-19)20(23(31)32)13-17-10-12-28-21(26)14-17/h3-12,14-16,20,22H,13H2,1-2H3,(H2,26,28)(H,29,34)/t16?,20-,22+/m1/s1. The first-order valence-corrected chi connectivity index (χ1v) is 10.9. The Bertz CT molecular complexity index is 1190. The highest BCUT2D eigenvalue weighted by molar-refractivity contribution is 6.12. The molecule has 4 rings (SSSR count). The summed E-state index contributed by atoms with van der Waals surface area (Å²) in [6, 6.07) is 14.1. The summed E-state index contributed by atoms with van der Waals surface area (Å²) >= 11 is 0. The molecule has 3 N–H and O–H groups in total. The second-order valence-corrected chi connectivity index (χ2v) is 8.24. The van der Waals surface area contributed by atoms with Gasteiger partial charge in [0.25, 0.3) is 5.91 Å². The van der Waals surface area contributed by atoms with Gasteiger partial charge in [-0.3, -0.25) is 19.5 Å². The lowest BCUT2D eigenvalue weighted by Crippen LogP contribution is -2.70. The normalized spacial score (nSPS) is 18.1. The second kappa shape index (κ2) is 9.70. The van der Waals surface area contributed by atoms with E-state index < -0.39 is 29.9 Å². The molecular weight excluding hydrogens is 432 g/mol. The van der Waals surface area contributed by atoms with Crippen molar-refractivity contribution in [2.24, 2.45) is 5.92 Å². The zero-order chi connectivity index (χ0) is 24.2. The van der Waals surface area contributed by atoms with Crippen LogP contribution >= 0.6 is 0 Å². The molecular formula is C25H26N6O3. The molecule has 3 aromatic rings. The van der Waals surface area contributed by atoms with Crippen LogP contribution in [0.5, 0.6) is 0 Å². The molecule has 174 valence electrons. The Morgan fingerprint density at radius 3 is 2.59 bits per heavy atom. The number of benzene rings is 1. The van der Waals surface area contributed by atoms with Crippen molar-refractivity contribution in [2.75, 3.05) is 17.7 Å². The van der Waals surface area contributed by atoms with Crippen molar-refractivity contribution in [1.29, 1.82) is 0 Å². The minimum Gasteiger partial charge on any atom is -0.384 e. The van der Waals surface area contributed by atoms with Crippen molar-refractivity contribution >= 4 is 29.4 Å². The highest BCUT2D eigenvalue weighted by Gasteiger charge is 2.55. The molecule has 1 aromatic carbocycles. The van der Waals surface area contributed by atoms with Gasteiger partial charge in [-0.25, -0.2) is 9.78 Å². The van der Waals surface area contributed by atoms with Crippen LogP contribution in [0.15, 0.2) is 73.2 Å². The van der Waals surface area contributed by atoms with Gasteiger partial charge in [-0.05, 0) is 54.8 Å². The largest absolute Gasteiger partial charge is 0.384 e. The summed E-state index contributed by atoms with van der Waals surface area (Å²) in [5.74, 6) is -1.12. The molecule has 9 heteroatoms. The van der Waals surface area contributed by atoms with Crippen LogP contribution in [0.3, 0.4) is 0 Å². The molecule has 34 heavy (non-hydrogen) atoms. The number of pyridine rings is 2. The first-order valence-electron chi connectivity index (χ1n) is 10.9. The van der Waals surface area contributed by atoms with E-state index in [0.29, 0.717) is 11.5 Å². The maximum absolute atomic E-state index is 13.5. The highest BCUT2D eigenvalue weighted by atomic mass is 16.2. The lowest BCUT2D eigenvalue weighted by atomic mass is 9.81. The number of urea groups is 1. The summed E-state index contributed by atoms with van der Waals surface area (Å²) in [6.07, 6.45) is 5.11. The SMILES string of the molecule is CC(NC(=O)N1C(=O)[C@H](Cc2ccnc(N)c2)[C@H]1C(=O)N(C)c1ccccc1)c1cccnc1. The van der Waals surface area contributed by atoms with Gasteiger partial charge in [0.2, 0.25) is 5.91 Å². The van der Waals surface area contributed by atoms with Crippen LogP contribution in [-0.4, -0.2) is 45.8 Å². The third-order valence-corrected chi connectivity index (χ3v) is 5.99. The van der Waals surface area contributed by atoms with E-state index in [1.54, 1.807) is 62.9 Å². The van der Waals surface area contributed by atoms with Crippen LogP contribution in [0, 0.1) is 5.92 Å². The number of likely N-dealkylation sites (N-methyl/N-ethyl adjacent to an activating group) is 1. The summed E-state index contributed by atoms with van der Waals surface area (Å²) in [7, 11) is 1.64. The van der Waals surface area contributed by atoms with Gasteiger partial charge in [0, 0.05) is 31.3 Å². The van der Waals surface area contributed by atoms with Crippen LogP contribution in [0.1, 0.15) is 24.1 Å². The minimum atomic E-state index is -0.951. The fourth-order valence-electron chi connectivity index (χ4n) is 4.08. The average Bonchev–Trinajstić information content (AvgIpc) is 2.85. The van der Waals surface area contributed by atoms with E-state index in [4.69, 9.17) is 5.73 Å². The third-order valence-electron chi connectivity index (χ3n) is 5.99. The van der Waals surface area contributed by atoms with Crippen molar-refractivity contribution in [3.63, 3.8) is 0 Å². The maximum Gasteiger partial charge on any atom is 0.325 e. The summed E-state index contributed by atoms with van der Waals surface area (Å²) < 4.78 is 0. The van der Waals surface area contributed by atoms with Crippen molar-refractivity contribution < 1.29 is 14.4 Å². The quantitative estimate of drug-likeness (QED) is 0.548. The fourth-order valence-corrected chi connectivity index (χ4v) is 4.08. The Morgan fingerprint density at radius 1 is 1.15 bits per heavy atom. The number of anilines is 2. The number of aromatic nitrogens is 2. The first kappa shape index (κ1) is 22.9. The molecule has 0 aliphatic carbocycles. The lowest BCUT2D eigenvalue weighted by molar-refractivity contribution is -0.156. The van der Waals surface area contributed by atoms with Crippen LogP contribution in [0.2, 0.25) is 0 Å². The zero-order valence-corrected chi connectivity index (χ0v) is 19.0. The average molecular weight is 459 g/mol. The number of para-hydroxylation sites is 1. The number of likely N-dealkylation sites (tertiary alicyclic amines) is 1. The monoisotopic (exact) mass is 458 g/mol. The number of carbonyl (C=O) groups excluding carboxylic acids is 3. The van der Waals surface area contributed by atoms with E-state index in [2.05, 4.69) is 15.3 Å². The number of rotatable bonds is 6. The second-order valence-electron chi connectivity index (χ2n) is 8.24. The molecule has 0 bridgehead atoms. The van der Waals surface area contributed by atoms with Gasteiger partial charge in [-0.1, -0.05) is 24.3 Å². The van der Waals surface area contributed by atoms with Crippen molar-refractivity contribution in [3.05, 3.63) is 84.3 Å². The van der Waals surface area contributed by atoms with Crippen molar-refractivity contribution in [2.45, 2.75) is 25.4 Å². The molecule has 4 amide bonds. The molecule has 3 heterocycles. The summed E-state index contributed by atoms with van der Waals surface area (Å²) in [6.45, 7) is 1.79. The molecule has 1 unspecified atom stereocenters. The van der Waals surface area contributed by atoms with E-state index in [0.717, 1.165) is 16.0 Å². The number of nitrogen functional groups attached to an aromatic ring is 1. The minimum absolute atomic E-state index is 0.270. The molecule has 1 saturated heterocycles. The van der Waals surface area contributed by atoms with Crippen LogP contribution in [0.25, 0.3) is 0 Å². The highest BCUT2D eigenvalue weighted by Crippen LogP contribution is 2.33. The number of nitrogens with two attached hydrogens (primary N) is 1. The number of hydrogen-bond acceptors (Lipinski definition) is 6. The van der Waals surface area contributed by atoms with E-state index in [-0.39, 0.29) is 12.3 Å². The smallest absolute Gasteiger partial charge is 0.325 e. The van der Waals surface area contributed by atoms with Gasteiger partial charge in [0.1, 0.15) is 11.9 Å². The van der Waals surface area contributed by atoms with E-state index in [1.165, 1.54) is 4.90 Å². The Kier molecular flexibility index (Phi) is 6.53. The number of hydrogen-bond donors (Lipinski definition) is 2. The number of β-lactam (4-membered cyclic amide) rings is 1. The van der Waals surface area contributed by atoms with Crippen molar-refractivity contribution in [3.8, 4) is 0 Å². The van der Waals surface area contributed by atoms with Gasteiger partial charge >= 0.3 is 6.03 Å². The Hall–Kier alpha value is -4.27. The molecule has 1 aliphatic heterocycles. The summed E-state index contributed by atoms with van der Waals surface area (Å²) in [5, 5.41) is 2.81. The summed E-state index contributed by atoms with van der Waals surface area (Å²) in [5.41, 5.74) is 8.01. The Balaban J connectivity index is 1.58. The van der Waals surface area contributed by atoms with Gasteiger partial charge in [-0.15, -0.1) is 0 Å². The van der Waals surface area contributed by atoms with Gasteiger partial charge in [0.15, 0.2) is 0 Å². The molecule has 0 spiro atoms. The molecule has 1 aliphatic rings. The fraction of sp³-hybridized carbons (Fsp3) is 0.240. The molecule has 9 nitrogen and oxygen atoms in total. The van der Waals surface area contributed by atoms with Crippen LogP contribution in [-0.2, 0) is 16.0 Å². The molecule has 0 saturated carbocycles. The third kappa shape index (κ3) is 4.59. The first-order chi connectivity index (χ1) is 16.4. The van der Waals surface area contributed by atoms with Crippen molar-refractivity contribution in [1.82, 2.24) is 20.2 Å². The maximum atomic E-state index is 13.5. The van der Waals surface area contributed by atoms with Crippen LogP contribution < -0.4 is 16.0 Å². The molecule has 1 fully saturated rings.